The van der Waals surface area contributed by atoms with Crippen LogP contribution in [0.3, 0.4) is 0 Å². The summed E-state index contributed by atoms with van der Waals surface area (Å²) in [6.45, 7) is 9.45. The van der Waals surface area contributed by atoms with Crippen molar-refractivity contribution in [2.75, 3.05) is 13.1 Å². The molecule has 2 aliphatic rings. The maximum atomic E-state index is 3.64. The zero-order chi connectivity index (χ0) is 10.9. The first-order chi connectivity index (χ1) is 7.19. The molecule has 1 nitrogen and oxygen atoms in total. The third-order valence-electron chi connectivity index (χ3n) is 4.72. The summed E-state index contributed by atoms with van der Waals surface area (Å²) in [5.41, 5.74) is 0.804. The Hall–Kier alpha value is -0.0400. The second kappa shape index (κ2) is 4.45. The molecular formula is C14H27N. The summed E-state index contributed by atoms with van der Waals surface area (Å²) < 4.78 is 0. The van der Waals surface area contributed by atoms with Gasteiger partial charge in [0.15, 0.2) is 0 Å². The van der Waals surface area contributed by atoms with Crippen LogP contribution in [-0.4, -0.2) is 13.1 Å². The summed E-state index contributed by atoms with van der Waals surface area (Å²) in [6, 6.07) is 0. The molecule has 0 heterocycles. The zero-order valence-corrected chi connectivity index (χ0v) is 10.7. The van der Waals surface area contributed by atoms with Crippen molar-refractivity contribution in [1.82, 2.24) is 5.32 Å². The Morgan fingerprint density at radius 2 is 2.13 bits per heavy atom. The smallest absolute Gasteiger partial charge is 0.00148 e. The van der Waals surface area contributed by atoms with E-state index >= 15 is 0 Å². The molecule has 88 valence electrons. The third kappa shape index (κ3) is 2.22. The summed E-state index contributed by atoms with van der Waals surface area (Å²) >= 11 is 0. The molecule has 2 saturated carbocycles. The van der Waals surface area contributed by atoms with E-state index in [9.17, 15) is 0 Å². The SMILES string of the molecule is CCC1CCCC12CC2CNCC(C)C. The van der Waals surface area contributed by atoms with Gasteiger partial charge in [-0.25, -0.2) is 0 Å². The van der Waals surface area contributed by atoms with Crippen LogP contribution in [0.2, 0.25) is 0 Å². The third-order valence-corrected chi connectivity index (χ3v) is 4.72. The highest BCUT2D eigenvalue weighted by Crippen LogP contribution is 2.66. The molecule has 0 saturated heterocycles. The van der Waals surface area contributed by atoms with Gasteiger partial charge >= 0.3 is 0 Å². The number of rotatable bonds is 5. The maximum absolute atomic E-state index is 3.64. The van der Waals surface area contributed by atoms with Crippen molar-refractivity contribution in [3.05, 3.63) is 0 Å². The topological polar surface area (TPSA) is 12.0 Å². The summed E-state index contributed by atoms with van der Waals surface area (Å²) in [4.78, 5) is 0. The fraction of sp³-hybridized carbons (Fsp3) is 1.00. The molecular weight excluding hydrogens is 182 g/mol. The van der Waals surface area contributed by atoms with Crippen LogP contribution in [0.25, 0.3) is 0 Å². The van der Waals surface area contributed by atoms with Crippen LogP contribution >= 0.6 is 0 Å². The first-order valence-corrected chi connectivity index (χ1v) is 6.89. The molecule has 1 heteroatoms. The average molecular weight is 209 g/mol. The van der Waals surface area contributed by atoms with Crippen molar-refractivity contribution in [1.29, 1.82) is 0 Å². The van der Waals surface area contributed by atoms with E-state index in [1.807, 2.05) is 0 Å². The minimum absolute atomic E-state index is 0.797. The van der Waals surface area contributed by atoms with Gasteiger partial charge in [0, 0.05) is 0 Å². The number of hydrogen-bond donors (Lipinski definition) is 1. The molecule has 0 bridgehead atoms. The molecule has 2 fully saturated rings. The standard InChI is InChI=1S/C14H27N/c1-4-12-6-5-7-14(12)8-13(14)10-15-9-11(2)3/h11-13,15H,4-10H2,1-3H3. The van der Waals surface area contributed by atoms with Crippen LogP contribution in [0.1, 0.15) is 52.9 Å². The van der Waals surface area contributed by atoms with E-state index in [4.69, 9.17) is 0 Å². The van der Waals surface area contributed by atoms with Crippen molar-refractivity contribution < 1.29 is 0 Å². The summed E-state index contributed by atoms with van der Waals surface area (Å²) in [5, 5.41) is 3.64. The van der Waals surface area contributed by atoms with E-state index in [1.54, 1.807) is 0 Å². The molecule has 1 spiro atoms. The maximum Gasteiger partial charge on any atom is -0.00148 e. The van der Waals surface area contributed by atoms with Crippen molar-refractivity contribution >= 4 is 0 Å². The minimum Gasteiger partial charge on any atom is -0.316 e. The molecule has 3 unspecified atom stereocenters. The molecule has 2 rings (SSSR count). The minimum atomic E-state index is 0.797. The lowest BCUT2D eigenvalue weighted by molar-refractivity contribution is 0.316. The van der Waals surface area contributed by atoms with Gasteiger partial charge in [-0.3, -0.25) is 0 Å². The molecule has 0 aromatic rings. The first kappa shape index (κ1) is 11.4. The second-order valence-electron chi connectivity index (χ2n) is 6.18. The fourth-order valence-corrected chi connectivity index (χ4v) is 3.81. The van der Waals surface area contributed by atoms with Gasteiger partial charge in [-0.2, -0.15) is 0 Å². The van der Waals surface area contributed by atoms with Crippen LogP contribution in [0, 0.1) is 23.2 Å². The van der Waals surface area contributed by atoms with Crippen LogP contribution in [0.4, 0.5) is 0 Å². The van der Waals surface area contributed by atoms with Gasteiger partial charge in [-0.1, -0.05) is 33.6 Å². The molecule has 0 aliphatic heterocycles. The molecule has 0 aromatic carbocycles. The van der Waals surface area contributed by atoms with Crippen LogP contribution < -0.4 is 5.32 Å². The normalized spacial score (nSPS) is 39.2. The molecule has 3 atom stereocenters. The van der Waals surface area contributed by atoms with Crippen LogP contribution in [0.5, 0.6) is 0 Å². The van der Waals surface area contributed by atoms with Gasteiger partial charge in [0.2, 0.25) is 0 Å². The number of hydrogen-bond acceptors (Lipinski definition) is 1. The van der Waals surface area contributed by atoms with E-state index in [2.05, 4.69) is 26.1 Å². The summed E-state index contributed by atoms with van der Waals surface area (Å²) in [6.07, 6.45) is 7.48. The first-order valence-electron chi connectivity index (χ1n) is 6.89. The van der Waals surface area contributed by atoms with E-state index in [1.165, 1.54) is 45.2 Å². The average Bonchev–Trinajstić information content (AvgIpc) is 2.71. The van der Waals surface area contributed by atoms with Crippen LogP contribution in [-0.2, 0) is 0 Å². The van der Waals surface area contributed by atoms with Gasteiger partial charge in [0.05, 0.1) is 0 Å². The highest BCUT2D eigenvalue weighted by atomic mass is 14.9. The predicted octanol–water partition coefficient (Wildman–Crippen LogP) is 3.45. The summed E-state index contributed by atoms with van der Waals surface area (Å²) in [5.74, 6) is 2.87. The van der Waals surface area contributed by atoms with Gasteiger partial charge in [-0.15, -0.1) is 0 Å². The quantitative estimate of drug-likeness (QED) is 0.731. The Labute approximate surface area is 95.0 Å². The Kier molecular flexibility index (Phi) is 3.39. The van der Waals surface area contributed by atoms with E-state index in [0.717, 1.165) is 23.2 Å². The second-order valence-corrected chi connectivity index (χ2v) is 6.18. The number of nitrogens with one attached hydrogen (secondary N) is 1. The van der Waals surface area contributed by atoms with E-state index in [0.29, 0.717) is 0 Å². The van der Waals surface area contributed by atoms with Crippen LogP contribution in [0.15, 0.2) is 0 Å². The Morgan fingerprint density at radius 3 is 2.80 bits per heavy atom. The molecule has 2 aliphatic carbocycles. The molecule has 1 N–H and O–H groups in total. The highest BCUT2D eigenvalue weighted by Gasteiger charge is 2.58. The van der Waals surface area contributed by atoms with Crippen molar-refractivity contribution in [2.24, 2.45) is 23.2 Å². The zero-order valence-electron chi connectivity index (χ0n) is 10.7. The molecule has 0 aromatic heterocycles. The Morgan fingerprint density at radius 1 is 1.33 bits per heavy atom. The summed E-state index contributed by atoms with van der Waals surface area (Å²) in [7, 11) is 0. The lowest BCUT2D eigenvalue weighted by Gasteiger charge is -2.19. The van der Waals surface area contributed by atoms with Gasteiger partial charge in [0.25, 0.3) is 0 Å². The van der Waals surface area contributed by atoms with Crippen molar-refractivity contribution in [3.63, 3.8) is 0 Å². The lowest BCUT2D eigenvalue weighted by Crippen LogP contribution is -2.24. The monoisotopic (exact) mass is 209 g/mol. The van der Waals surface area contributed by atoms with Gasteiger partial charge in [0.1, 0.15) is 0 Å². The Bertz CT molecular complexity index is 211. The fourth-order valence-electron chi connectivity index (χ4n) is 3.81. The van der Waals surface area contributed by atoms with Gasteiger partial charge < -0.3 is 5.32 Å². The van der Waals surface area contributed by atoms with E-state index < -0.39 is 0 Å². The van der Waals surface area contributed by atoms with Crippen molar-refractivity contribution in [2.45, 2.75) is 52.9 Å². The highest BCUT2D eigenvalue weighted by molar-refractivity contribution is 5.09. The van der Waals surface area contributed by atoms with E-state index in [-0.39, 0.29) is 0 Å². The molecule has 0 amide bonds. The molecule has 0 radical (unpaired) electrons. The lowest BCUT2D eigenvalue weighted by atomic mass is 9.88. The van der Waals surface area contributed by atoms with Crippen molar-refractivity contribution in [3.8, 4) is 0 Å². The Balaban J connectivity index is 1.74. The molecule has 15 heavy (non-hydrogen) atoms. The largest absolute Gasteiger partial charge is 0.316 e. The van der Waals surface area contributed by atoms with Gasteiger partial charge in [-0.05, 0) is 55.5 Å². The predicted molar refractivity (Wildman–Crippen MR) is 65.9 cm³/mol.